The first-order valence-corrected chi connectivity index (χ1v) is 11.0. The molecule has 1 aromatic carbocycles. The molecule has 3 heterocycles. The summed E-state index contributed by atoms with van der Waals surface area (Å²) >= 11 is 0. The molecule has 11 heteroatoms. The van der Waals surface area contributed by atoms with Gasteiger partial charge in [0.25, 0.3) is 0 Å². The second-order valence-electron chi connectivity index (χ2n) is 9.54. The Kier molecular flexibility index (Phi) is 5.51. The van der Waals surface area contributed by atoms with Crippen LogP contribution in [0.3, 0.4) is 0 Å². The van der Waals surface area contributed by atoms with Gasteiger partial charge in [0.2, 0.25) is 5.91 Å². The number of rotatable bonds is 3. The van der Waals surface area contributed by atoms with E-state index in [-0.39, 0.29) is 54.4 Å². The summed E-state index contributed by atoms with van der Waals surface area (Å²) in [7, 11) is 0. The molecule has 1 N–H and O–H groups in total. The Balaban J connectivity index is 1.06. The van der Waals surface area contributed by atoms with Crippen LogP contribution in [0.4, 0.5) is 22.4 Å². The molecule has 1 saturated carbocycles. The number of carbonyl (C=O) groups excluding carboxylic acids is 2. The maximum atomic E-state index is 14.0. The molecule has 0 unspecified atom stereocenters. The Morgan fingerprint density at radius 1 is 1.24 bits per heavy atom. The Morgan fingerprint density at radius 3 is 2.70 bits per heavy atom. The van der Waals surface area contributed by atoms with Gasteiger partial charge in [0.05, 0.1) is 30.4 Å². The Hall–Kier alpha value is -2.40. The third-order valence-electron chi connectivity index (χ3n) is 7.09. The average molecular weight is 471 g/mol. The molecule has 180 valence electrons. The normalized spacial score (nSPS) is 27.0. The number of likely N-dealkylation sites (tertiary alicyclic amines) is 2. The molecule has 1 aromatic rings. The number of nitrogens with zero attached hydrogens (tertiary/aromatic N) is 2. The number of amides is 3. The lowest BCUT2D eigenvalue weighted by Gasteiger charge is -2.59. The zero-order chi connectivity index (χ0) is 23.4. The van der Waals surface area contributed by atoms with Gasteiger partial charge in [-0.2, -0.15) is 13.2 Å². The molecule has 1 spiro atoms. The predicted octanol–water partition coefficient (Wildman–Crippen LogP) is 2.53. The molecule has 0 aromatic heterocycles. The fraction of sp³-hybridized carbons (Fsp3) is 0.636. The summed E-state index contributed by atoms with van der Waals surface area (Å²) in [6.45, 7) is 2.24. The van der Waals surface area contributed by atoms with Crippen LogP contribution in [0.15, 0.2) is 18.2 Å². The summed E-state index contributed by atoms with van der Waals surface area (Å²) in [5, 5.41) is 2.89. The highest BCUT2D eigenvalue weighted by molar-refractivity contribution is 5.79. The predicted molar refractivity (Wildman–Crippen MR) is 106 cm³/mol. The van der Waals surface area contributed by atoms with Gasteiger partial charge in [-0.1, -0.05) is 6.07 Å². The lowest BCUT2D eigenvalue weighted by Crippen LogP contribution is -2.69. The molecule has 4 fully saturated rings. The minimum atomic E-state index is -4.58. The molecule has 1 aliphatic carbocycles. The van der Waals surface area contributed by atoms with Crippen molar-refractivity contribution in [2.45, 2.75) is 50.3 Å². The van der Waals surface area contributed by atoms with E-state index < -0.39 is 17.6 Å². The minimum Gasteiger partial charge on any atom is -0.373 e. The van der Waals surface area contributed by atoms with Gasteiger partial charge in [-0.05, 0) is 31.4 Å². The van der Waals surface area contributed by atoms with E-state index in [9.17, 15) is 27.2 Å². The minimum absolute atomic E-state index is 0.000495. The standard InChI is InChI=1S/C22H25F4N3O4/c23-16-5-14(22(24,25)26)2-1-13(16)9-32-15-6-21(7-15)11-29(12-21)20(31)28-4-3-18-17(8-28)27-19(30)10-33-18/h1-2,5,15,17-18H,3-4,6-12H2,(H,27,30)/t17-,18+/m1/s1. The fourth-order valence-electron chi connectivity index (χ4n) is 5.30. The first-order valence-electron chi connectivity index (χ1n) is 11.0. The number of carbonyl (C=O) groups is 2. The van der Waals surface area contributed by atoms with E-state index >= 15 is 0 Å². The molecular formula is C22H25F4N3O4. The molecule has 4 aliphatic rings. The highest BCUT2D eigenvalue weighted by Crippen LogP contribution is 2.50. The van der Waals surface area contributed by atoms with Crippen LogP contribution >= 0.6 is 0 Å². The summed E-state index contributed by atoms with van der Waals surface area (Å²) in [4.78, 5) is 27.9. The van der Waals surface area contributed by atoms with Crippen molar-refractivity contribution in [2.24, 2.45) is 5.41 Å². The lowest BCUT2D eigenvalue weighted by atomic mass is 9.62. The number of hydrogen-bond acceptors (Lipinski definition) is 4. The second kappa shape index (κ2) is 8.12. The first kappa shape index (κ1) is 22.4. The van der Waals surface area contributed by atoms with Crippen LogP contribution in [0, 0.1) is 11.2 Å². The molecule has 7 nitrogen and oxygen atoms in total. The average Bonchev–Trinajstić information content (AvgIpc) is 2.70. The number of fused-ring (bicyclic) bond motifs is 1. The Bertz CT molecular complexity index is 942. The van der Waals surface area contributed by atoms with E-state index in [1.165, 1.54) is 0 Å². The quantitative estimate of drug-likeness (QED) is 0.688. The number of morpholine rings is 1. The van der Waals surface area contributed by atoms with Crippen molar-refractivity contribution in [3.8, 4) is 0 Å². The van der Waals surface area contributed by atoms with E-state index in [2.05, 4.69) is 5.32 Å². The zero-order valence-corrected chi connectivity index (χ0v) is 17.9. The van der Waals surface area contributed by atoms with Crippen LogP contribution in [0.2, 0.25) is 0 Å². The van der Waals surface area contributed by atoms with Crippen LogP contribution in [0.5, 0.6) is 0 Å². The number of urea groups is 1. The molecular weight excluding hydrogens is 446 g/mol. The largest absolute Gasteiger partial charge is 0.416 e. The molecule has 0 bridgehead atoms. The van der Waals surface area contributed by atoms with E-state index in [0.717, 1.165) is 25.0 Å². The van der Waals surface area contributed by atoms with E-state index in [1.807, 2.05) is 0 Å². The van der Waals surface area contributed by atoms with Crippen LogP contribution in [0.1, 0.15) is 30.4 Å². The third-order valence-corrected chi connectivity index (χ3v) is 7.09. The van der Waals surface area contributed by atoms with Gasteiger partial charge in [-0.3, -0.25) is 4.79 Å². The number of alkyl halides is 3. The van der Waals surface area contributed by atoms with Gasteiger partial charge in [0.15, 0.2) is 0 Å². The van der Waals surface area contributed by atoms with Gasteiger partial charge in [-0.15, -0.1) is 0 Å². The maximum Gasteiger partial charge on any atom is 0.416 e. The van der Waals surface area contributed by atoms with Crippen molar-refractivity contribution in [3.63, 3.8) is 0 Å². The number of halogens is 4. The van der Waals surface area contributed by atoms with Crippen LogP contribution in [-0.4, -0.2) is 72.8 Å². The van der Waals surface area contributed by atoms with Crippen molar-refractivity contribution < 1.29 is 36.6 Å². The van der Waals surface area contributed by atoms with Crippen molar-refractivity contribution in [3.05, 3.63) is 35.1 Å². The fourth-order valence-corrected chi connectivity index (χ4v) is 5.30. The van der Waals surface area contributed by atoms with E-state index in [4.69, 9.17) is 9.47 Å². The molecule has 3 saturated heterocycles. The van der Waals surface area contributed by atoms with Crippen LogP contribution in [0.25, 0.3) is 0 Å². The van der Waals surface area contributed by atoms with Crippen LogP contribution in [-0.2, 0) is 27.1 Å². The molecule has 33 heavy (non-hydrogen) atoms. The number of benzene rings is 1. The second-order valence-corrected chi connectivity index (χ2v) is 9.54. The van der Waals surface area contributed by atoms with Crippen molar-refractivity contribution in [2.75, 3.05) is 32.8 Å². The number of piperidine rings is 1. The molecule has 3 amide bonds. The molecule has 3 aliphatic heterocycles. The Morgan fingerprint density at radius 2 is 2.00 bits per heavy atom. The summed E-state index contributed by atoms with van der Waals surface area (Å²) in [6, 6.07) is 2.23. The van der Waals surface area contributed by atoms with Crippen LogP contribution < -0.4 is 5.32 Å². The highest BCUT2D eigenvalue weighted by atomic mass is 19.4. The monoisotopic (exact) mass is 471 g/mol. The first-order chi connectivity index (χ1) is 15.6. The maximum absolute atomic E-state index is 14.0. The summed E-state index contributed by atoms with van der Waals surface area (Å²) in [5.74, 6) is -1.09. The van der Waals surface area contributed by atoms with Gasteiger partial charge in [-0.25, -0.2) is 9.18 Å². The number of ether oxygens (including phenoxy) is 2. The van der Waals surface area contributed by atoms with Crippen molar-refractivity contribution >= 4 is 11.9 Å². The van der Waals surface area contributed by atoms with Gasteiger partial charge < -0.3 is 24.6 Å². The lowest BCUT2D eigenvalue weighted by molar-refractivity contribution is -0.147. The highest BCUT2D eigenvalue weighted by Gasteiger charge is 2.55. The van der Waals surface area contributed by atoms with Crippen molar-refractivity contribution in [1.82, 2.24) is 15.1 Å². The zero-order valence-electron chi connectivity index (χ0n) is 17.9. The number of hydrogen-bond donors (Lipinski definition) is 1. The van der Waals surface area contributed by atoms with Crippen molar-refractivity contribution in [1.29, 1.82) is 0 Å². The topological polar surface area (TPSA) is 71.1 Å². The third kappa shape index (κ3) is 4.40. The van der Waals surface area contributed by atoms with E-state index in [0.29, 0.717) is 38.7 Å². The molecule has 5 rings (SSSR count). The Labute approximate surface area is 188 Å². The SMILES string of the molecule is O=C1CO[C@H]2CCN(C(=O)N3CC4(CC(OCc5ccc(C(F)(F)F)cc5F)C4)C3)C[C@H]2N1. The summed E-state index contributed by atoms with van der Waals surface area (Å²) in [6.07, 6.45) is -2.59. The number of nitrogens with one attached hydrogen (secondary N) is 1. The van der Waals surface area contributed by atoms with Gasteiger partial charge in [0.1, 0.15) is 12.4 Å². The summed E-state index contributed by atoms with van der Waals surface area (Å²) < 4.78 is 63.1. The molecule has 2 atom stereocenters. The summed E-state index contributed by atoms with van der Waals surface area (Å²) in [5.41, 5.74) is -0.927. The van der Waals surface area contributed by atoms with Gasteiger partial charge in [0, 0.05) is 37.2 Å². The molecule has 0 radical (unpaired) electrons. The van der Waals surface area contributed by atoms with Gasteiger partial charge >= 0.3 is 12.2 Å². The van der Waals surface area contributed by atoms with E-state index in [1.54, 1.807) is 9.80 Å². The smallest absolute Gasteiger partial charge is 0.373 e.